The number of nitro benzene ring substituents is 1. The molecule has 15 heteroatoms. The number of nitro groups is 1. The summed E-state index contributed by atoms with van der Waals surface area (Å²) in [7, 11) is 0. The molecule has 0 unspecified atom stereocenters. The molecule has 0 radical (unpaired) electrons. The molecule has 7 nitrogen and oxygen atoms in total. The van der Waals surface area contributed by atoms with Crippen LogP contribution < -0.4 is 11.5 Å². The highest BCUT2D eigenvalue weighted by molar-refractivity contribution is 8.45. The van der Waals surface area contributed by atoms with Crippen molar-refractivity contribution in [2.45, 2.75) is 32.6 Å². The highest BCUT2D eigenvalue weighted by atomic mass is 32.3. The molecule has 0 saturated heterocycles. The molecule has 0 aromatic heterocycles. The molecule has 2 aromatic carbocycles. The third-order valence-corrected chi connectivity index (χ3v) is 17.5. The topological polar surface area (TPSA) is 129 Å². The summed E-state index contributed by atoms with van der Waals surface area (Å²) in [6.45, 7) is 2.10. The van der Waals surface area contributed by atoms with Crippen LogP contribution in [-0.4, -0.2) is 39.7 Å². The Labute approximate surface area is 291 Å². The molecule has 0 fully saturated rings. The number of rotatable bonds is 17. The van der Waals surface area contributed by atoms with Gasteiger partial charge in [-0.15, -0.1) is 47.0 Å². The number of benzene rings is 2. The predicted octanol–water partition coefficient (Wildman–Crippen LogP) is 8.71. The molecule has 234 valence electrons. The van der Waals surface area contributed by atoms with Crippen molar-refractivity contribution < 1.29 is 14.5 Å². The fourth-order valence-corrected chi connectivity index (χ4v) is 15.8. The molecule has 2 amide bonds. The Morgan fingerprint density at radius 2 is 1.02 bits per heavy atom. The average Bonchev–Trinajstić information content (AvgIpc) is 3.58. The lowest BCUT2D eigenvalue weighted by Gasteiger charge is -2.06. The zero-order valence-corrected chi connectivity index (χ0v) is 30.3. The number of primary amides is 2. The summed E-state index contributed by atoms with van der Waals surface area (Å²) >= 11 is 14.1. The number of aryl methyl sites for hydroxylation is 3. The van der Waals surface area contributed by atoms with Crippen LogP contribution in [0.5, 0.6) is 0 Å². The van der Waals surface area contributed by atoms with Gasteiger partial charge in [-0.25, -0.2) is 0 Å². The average molecular weight is 742 g/mol. The maximum atomic E-state index is 11.3. The Balaban J connectivity index is 1.44. The molecular weight excluding hydrogens is 711 g/mol. The van der Waals surface area contributed by atoms with E-state index in [1.807, 2.05) is 59.2 Å². The predicted molar refractivity (Wildman–Crippen MR) is 201 cm³/mol. The zero-order valence-electron chi connectivity index (χ0n) is 23.8. The number of hydrogen-bond acceptors (Lipinski definition) is 12. The second-order valence-electron chi connectivity index (χ2n) is 9.37. The van der Waals surface area contributed by atoms with E-state index >= 15 is 0 Å². The third kappa shape index (κ3) is 11.6. The number of amides is 2. The number of carbonyl (C=O) groups excluding carboxylic acids is 2. The van der Waals surface area contributed by atoms with E-state index in [0.29, 0.717) is 24.3 Å². The minimum atomic E-state index is -0.373. The number of hydrogen-bond donors (Lipinski definition) is 2. The first-order valence-electron chi connectivity index (χ1n) is 13.5. The summed E-state index contributed by atoms with van der Waals surface area (Å²) < 4.78 is 7.33. The van der Waals surface area contributed by atoms with Crippen molar-refractivity contribution in [2.75, 3.05) is 23.0 Å². The molecule has 44 heavy (non-hydrogen) atoms. The van der Waals surface area contributed by atoms with Gasteiger partial charge in [0.05, 0.1) is 30.3 Å². The van der Waals surface area contributed by atoms with E-state index < -0.39 is 0 Å². The molecule has 4 rings (SSSR count). The van der Waals surface area contributed by atoms with Crippen LogP contribution in [0.25, 0.3) is 0 Å². The summed E-state index contributed by atoms with van der Waals surface area (Å²) in [4.78, 5) is 33.3. The van der Waals surface area contributed by atoms with Crippen molar-refractivity contribution >= 4 is 112 Å². The monoisotopic (exact) mass is 741 g/mol. The first-order chi connectivity index (χ1) is 21.2. The van der Waals surface area contributed by atoms with Crippen LogP contribution in [0.15, 0.2) is 74.0 Å². The number of non-ortho nitro benzene ring substituents is 1. The van der Waals surface area contributed by atoms with Gasteiger partial charge in [0.1, 0.15) is 0 Å². The highest BCUT2D eigenvalue weighted by Crippen LogP contribution is 2.66. The molecule has 0 spiro atoms. The molecule has 2 aliphatic heterocycles. The maximum Gasteiger partial charge on any atom is 0.269 e. The summed E-state index contributed by atoms with van der Waals surface area (Å²) in [5.41, 5.74) is 14.5. The van der Waals surface area contributed by atoms with Crippen LogP contribution in [0.3, 0.4) is 0 Å². The van der Waals surface area contributed by atoms with Crippen LogP contribution in [0.2, 0.25) is 0 Å². The van der Waals surface area contributed by atoms with Crippen molar-refractivity contribution in [3.8, 4) is 0 Å². The number of nitrogens with zero attached hydrogens (tertiary/aromatic N) is 1. The van der Waals surface area contributed by atoms with Crippen LogP contribution in [0.4, 0.5) is 5.69 Å². The van der Waals surface area contributed by atoms with Crippen molar-refractivity contribution in [1.29, 1.82) is 0 Å². The molecule has 0 saturated carbocycles. The number of thioether (sulfide) groups is 8. The maximum absolute atomic E-state index is 11.3. The van der Waals surface area contributed by atoms with Gasteiger partial charge in [-0.1, -0.05) is 89.0 Å². The fourth-order valence-electron chi connectivity index (χ4n) is 3.62. The van der Waals surface area contributed by atoms with E-state index in [0.717, 1.165) is 38.4 Å². The highest BCUT2D eigenvalue weighted by Gasteiger charge is 2.31. The van der Waals surface area contributed by atoms with E-state index in [-0.39, 0.29) is 22.4 Å². The third-order valence-electron chi connectivity index (χ3n) is 5.92. The molecule has 4 N–H and O–H groups in total. The van der Waals surface area contributed by atoms with Crippen LogP contribution in [0, 0.1) is 17.0 Å². The van der Waals surface area contributed by atoms with Gasteiger partial charge in [0, 0.05) is 48.0 Å². The van der Waals surface area contributed by atoms with E-state index in [9.17, 15) is 19.7 Å². The summed E-state index contributed by atoms with van der Waals surface area (Å²) in [5.74, 6) is 2.44. The van der Waals surface area contributed by atoms with Crippen molar-refractivity contribution in [2.24, 2.45) is 11.5 Å². The molecule has 2 aliphatic rings. The van der Waals surface area contributed by atoms with Gasteiger partial charge in [0.2, 0.25) is 11.8 Å². The van der Waals surface area contributed by atoms with E-state index in [4.69, 9.17) is 11.5 Å². The zero-order chi connectivity index (χ0) is 31.5. The van der Waals surface area contributed by atoms with Gasteiger partial charge in [-0.3, -0.25) is 19.7 Å². The fraction of sp³-hybridized carbons (Fsp3) is 0.310. The summed E-state index contributed by atoms with van der Waals surface area (Å²) in [6.07, 6.45) is 2.43. The molecule has 0 atom stereocenters. The second-order valence-corrected chi connectivity index (χ2v) is 19.4. The number of carbonyl (C=O) groups is 2. The van der Waals surface area contributed by atoms with Gasteiger partial charge >= 0.3 is 0 Å². The molecule has 0 bridgehead atoms. The van der Waals surface area contributed by atoms with E-state index in [2.05, 4.69) is 31.2 Å². The van der Waals surface area contributed by atoms with Crippen molar-refractivity contribution in [3.05, 3.63) is 101 Å². The Hall–Kier alpha value is -1.20. The summed E-state index contributed by atoms with van der Waals surface area (Å²) in [5, 5.41) is 11.0. The Morgan fingerprint density at radius 1 is 0.659 bits per heavy atom. The first kappa shape index (κ1) is 35.7. The van der Waals surface area contributed by atoms with Crippen LogP contribution >= 0.6 is 94.1 Å². The SMILES string of the molecule is Cc1ccc(CCSC2=C(SCCc3ccc([N+](=O)[O-])cc3)SC(=C3SC(SCCC(N)=O)=C(SCCC(N)=O)S3)S2)cc1. The van der Waals surface area contributed by atoms with Gasteiger partial charge in [0.25, 0.3) is 5.69 Å². The smallest absolute Gasteiger partial charge is 0.269 e. The van der Waals surface area contributed by atoms with E-state index in [1.165, 1.54) is 28.1 Å². The lowest BCUT2D eigenvalue weighted by Crippen LogP contribution is -2.11. The quantitative estimate of drug-likeness (QED) is 0.119. The van der Waals surface area contributed by atoms with Gasteiger partial charge in [-0.05, 0) is 30.9 Å². The van der Waals surface area contributed by atoms with Crippen molar-refractivity contribution in [3.63, 3.8) is 0 Å². The largest absolute Gasteiger partial charge is 0.370 e. The Morgan fingerprint density at radius 3 is 1.39 bits per heavy atom. The number of nitrogens with two attached hydrogens (primary N) is 2. The minimum absolute atomic E-state index is 0.106. The van der Waals surface area contributed by atoms with Crippen LogP contribution in [0.1, 0.15) is 29.5 Å². The Bertz CT molecular complexity index is 1430. The van der Waals surface area contributed by atoms with Crippen LogP contribution in [-0.2, 0) is 22.4 Å². The van der Waals surface area contributed by atoms with Gasteiger partial charge < -0.3 is 11.5 Å². The molecular formula is C29H31N3O4S8. The standard InChI is InChI=1S/C29H31N3O4S8/c1-18-2-4-19(5-3-18)10-14-37-24-25(38-15-11-20-6-8-21(9-7-20)32(35)36)42-28(41-24)29-43-26(39-16-12-22(30)33)27(44-29)40-17-13-23(31)34/h2-9H,10-17H2,1H3,(H2,30,33)(H2,31,34). The Kier molecular flexibility index (Phi) is 14.8. The van der Waals surface area contributed by atoms with Gasteiger partial charge in [0.15, 0.2) is 0 Å². The molecule has 0 aliphatic carbocycles. The molecule has 2 heterocycles. The first-order valence-corrected chi connectivity index (χ1v) is 20.7. The van der Waals surface area contributed by atoms with Gasteiger partial charge in [-0.2, -0.15) is 0 Å². The lowest BCUT2D eigenvalue weighted by molar-refractivity contribution is -0.384. The molecule has 2 aromatic rings. The minimum Gasteiger partial charge on any atom is -0.370 e. The van der Waals surface area contributed by atoms with Crippen molar-refractivity contribution in [1.82, 2.24) is 0 Å². The van der Waals surface area contributed by atoms with E-state index in [1.54, 1.807) is 59.2 Å². The summed E-state index contributed by atoms with van der Waals surface area (Å²) in [6, 6.07) is 15.5. The lowest BCUT2D eigenvalue weighted by atomic mass is 10.1. The normalized spacial score (nSPS) is 15.0. The second kappa shape index (κ2) is 18.2.